The Labute approximate surface area is 113 Å². The maximum absolute atomic E-state index is 2.48. The second-order valence-corrected chi connectivity index (χ2v) is 6.67. The maximum Gasteiger partial charge on any atom is 0.0173 e. The predicted molar refractivity (Wildman–Crippen MR) is 79.4 cm³/mol. The van der Waals surface area contributed by atoms with Crippen molar-refractivity contribution in [3.8, 4) is 0 Å². The van der Waals surface area contributed by atoms with Crippen LogP contribution >= 0.6 is 0 Å². The van der Waals surface area contributed by atoms with Crippen molar-refractivity contribution in [3.05, 3.63) is 23.4 Å². The zero-order valence-corrected chi connectivity index (χ0v) is 12.6. The van der Waals surface area contributed by atoms with Crippen molar-refractivity contribution in [1.82, 2.24) is 4.90 Å². The van der Waals surface area contributed by atoms with Crippen molar-refractivity contribution >= 4 is 0 Å². The fraction of sp³-hybridized carbons (Fsp3) is 0.765. The van der Waals surface area contributed by atoms with Crippen LogP contribution in [0.15, 0.2) is 23.4 Å². The molecule has 18 heavy (non-hydrogen) atoms. The highest BCUT2D eigenvalue weighted by Gasteiger charge is 2.31. The Balaban J connectivity index is 2.23. The molecule has 0 amide bonds. The molecule has 0 N–H and O–H groups in total. The summed E-state index contributed by atoms with van der Waals surface area (Å²) in [4.78, 5) is 2.48. The summed E-state index contributed by atoms with van der Waals surface area (Å²) in [6, 6.07) is 0. The molecule has 0 aromatic heterocycles. The van der Waals surface area contributed by atoms with E-state index in [0.717, 1.165) is 5.92 Å². The van der Waals surface area contributed by atoms with Crippen LogP contribution in [0.4, 0.5) is 0 Å². The van der Waals surface area contributed by atoms with Gasteiger partial charge in [0.1, 0.15) is 0 Å². The second-order valence-electron chi connectivity index (χ2n) is 6.67. The second kappa shape index (κ2) is 5.50. The molecule has 1 aliphatic carbocycles. The van der Waals surface area contributed by atoms with Gasteiger partial charge in [0.25, 0.3) is 0 Å². The van der Waals surface area contributed by atoms with E-state index in [4.69, 9.17) is 0 Å². The van der Waals surface area contributed by atoms with Crippen molar-refractivity contribution in [1.29, 1.82) is 0 Å². The van der Waals surface area contributed by atoms with Crippen molar-refractivity contribution in [3.63, 3.8) is 0 Å². The Morgan fingerprint density at radius 3 is 2.56 bits per heavy atom. The molecule has 0 aromatic rings. The maximum atomic E-state index is 2.48. The van der Waals surface area contributed by atoms with Crippen LogP contribution in [0.1, 0.15) is 59.8 Å². The lowest BCUT2D eigenvalue weighted by molar-refractivity contribution is 0.333. The standard InChI is InChI=1S/C17H29N/c1-5-15-14(2)8-10-17(3,4)16(15)9-13-18-11-6-7-12-18/h9,13-14H,5-8,10-12H2,1-4H3. The summed E-state index contributed by atoms with van der Waals surface area (Å²) >= 11 is 0. The van der Waals surface area contributed by atoms with Gasteiger partial charge in [-0.3, -0.25) is 0 Å². The number of hydrogen-bond donors (Lipinski definition) is 0. The zero-order valence-electron chi connectivity index (χ0n) is 12.6. The molecule has 102 valence electrons. The Bertz CT molecular complexity index is 343. The molecule has 1 nitrogen and oxygen atoms in total. The Kier molecular flexibility index (Phi) is 4.19. The normalized spacial score (nSPS) is 28.4. The van der Waals surface area contributed by atoms with E-state index in [2.05, 4.69) is 44.9 Å². The first kappa shape index (κ1) is 13.7. The monoisotopic (exact) mass is 247 g/mol. The third-order valence-electron chi connectivity index (χ3n) is 4.85. The topological polar surface area (TPSA) is 3.24 Å². The molecular formula is C17H29N. The molecule has 0 bridgehead atoms. The number of allylic oxidation sites excluding steroid dienone is 3. The minimum absolute atomic E-state index is 0.369. The summed E-state index contributed by atoms with van der Waals surface area (Å²) in [6.45, 7) is 12.0. The SMILES string of the molecule is CCC1=C(C=CN2CCCC2)C(C)(C)CCC1C. The highest BCUT2D eigenvalue weighted by molar-refractivity contribution is 5.34. The smallest absolute Gasteiger partial charge is 0.0173 e. The van der Waals surface area contributed by atoms with Gasteiger partial charge in [-0.1, -0.05) is 33.3 Å². The lowest BCUT2D eigenvalue weighted by Crippen LogP contribution is -2.24. The molecule has 2 aliphatic rings. The zero-order chi connectivity index (χ0) is 13.2. The summed E-state index contributed by atoms with van der Waals surface area (Å²) in [5, 5.41) is 0. The fourth-order valence-corrected chi connectivity index (χ4v) is 3.53. The summed E-state index contributed by atoms with van der Waals surface area (Å²) < 4.78 is 0. The average molecular weight is 247 g/mol. The third kappa shape index (κ3) is 2.81. The molecule has 0 spiro atoms. The summed E-state index contributed by atoms with van der Waals surface area (Å²) in [7, 11) is 0. The van der Waals surface area contributed by atoms with Gasteiger partial charge in [0.2, 0.25) is 0 Å². The van der Waals surface area contributed by atoms with E-state index in [1.165, 1.54) is 45.2 Å². The summed E-state index contributed by atoms with van der Waals surface area (Å²) in [5.41, 5.74) is 3.69. The van der Waals surface area contributed by atoms with Crippen molar-refractivity contribution in [2.75, 3.05) is 13.1 Å². The van der Waals surface area contributed by atoms with E-state index in [-0.39, 0.29) is 0 Å². The number of nitrogens with zero attached hydrogens (tertiary/aromatic N) is 1. The summed E-state index contributed by atoms with van der Waals surface area (Å²) in [6.07, 6.45) is 11.4. The van der Waals surface area contributed by atoms with Gasteiger partial charge in [-0.25, -0.2) is 0 Å². The van der Waals surface area contributed by atoms with Gasteiger partial charge in [-0.2, -0.15) is 0 Å². The van der Waals surface area contributed by atoms with Crippen LogP contribution in [0.5, 0.6) is 0 Å². The van der Waals surface area contributed by atoms with Gasteiger partial charge in [0.15, 0.2) is 0 Å². The fourth-order valence-electron chi connectivity index (χ4n) is 3.53. The van der Waals surface area contributed by atoms with Gasteiger partial charge in [-0.05, 0) is 61.3 Å². The Morgan fingerprint density at radius 2 is 1.94 bits per heavy atom. The first-order chi connectivity index (χ1) is 8.54. The van der Waals surface area contributed by atoms with Crippen LogP contribution in [0.3, 0.4) is 0 Å². The van der Waals surface area contributed by atoms with E-state index in [0.29, 0.717) is 5.41 Å². The number of likely N-dealkylation sites (tertiary alicyclic amines) is 1. The minimum atomic E-state index is 0.369. The van der Waals surface area contributed by atoms with E-state index in [9.17, 15) is 0 Å². The molecule has 1 aliphatic heterocycles. The molecule has 0 saturated carbocycles. The summed E-state index contributed by atoms with van der Waals surface area (Å²) in [5.74, 6) is 0.779. The first-order valence-electron chi connectivity index (χ1n) is 7.70. The molecule has 1 unspecified atom stereocenters. The predicted octanol–water partition coefficient (Wildman–Crippen LogP) is 4.76. The Hall–Kier alpha value is -0.720. The highest BCUT2D eigenvalue weighted by atomic mass is 15.1. The van der Waals surface area contributed by atoms with E-state index in [1.807, 2.05) is 0 Å². The molecule has 2 rings (SSSR count). The van der Waals surface area contributed by atoms with Crippen LogP contribution in [0.25, 0.3) is 0 Å². The molecule has 1 atom stereocenters. The average Bonchev–Trinajstić information content (AvgIpc) is 2.83. The molecule has 1 fully saturated rings. The quantitative estimate of drug-likeness (QED) is 0.695. The van der Waals surface area contributed by atoms with Crippen LogP contribution in [0, 0.1) is 11.3 Å². The highest BCUT2D eigenvalue weighted by Crippen LogP contribution is 2.44. The molecule has 1 saturated heterocycles. The number of hydrogen-bond acceptors (Lipinski definition) is 1. The van der Waals surface area contributed by atoms with E-state index in [1.54, 1.807) is 11.1 Å². The molecular weight excluding hydrogens is 218 g/mol. The van der Waals surface area contributed by atoms with Gasteiger partial charge in [0, 0.05) is 13.1 Å². The van der Waals surface area contributed by atoms with Gasteiger partial charge < -0.3 is 4.90 Å². The molecule has 1 heteroatoms. The third-order valence-corrected chi connectivity index (χ3v) is 4.85. The van der Waals surface area contributed by atoms with Crippen molar-refractivity contribution in [2.24, 2.45) is 11.3 Å². The van der Waals surface area contributed by atoms with Gasteiger partial charge in [0.05, 0.1) is 0 Å². The van der Waals surface area contributed by atoms with Crippen LogP contribution in [-0.2, 0) is 0 Å². The first-order valence-corrected chi connectivity index (χ1v) is 7.70. The lowest BCUT2D eigenvalue weighted by atomic mass is 9.68. The lowest BCUT2D eigenvalue weighted by Gasteiger charge is -2.37. The minimum Gasteiger partial charge on any atom is -0.377 e. The number of rotatable bonds is 3. The van der Waals surface area contributed by atoms with Crippen molar-refractivity contribution in [2.45, 2.75) is 59.8 Å². The molecule has 1 heterocycles. The van der Waals surface area contributed by atoms with Crippen LogP contribution in [-0.4, -0.2) is 18.0 Å². The van der Waals surface area contributed by atoms with E-state index >= 15 is 0 Å². The van der Waals surface area contributed by atoms with Gasteiger partial charge in [-0.15, -0.1) is 0 Å². The molecule has 0 radical (unpaired) electrons. The van der Waals surface area contributed by atoms with E-state index < -0.39 is 0 Å². The van der Waals surface area contributed by atoms with Gasteiger partial charge >= 0.3 is 0 Å². The van der Waals surface area contributed by atoms with Crippen LogP contribution < -0.4 is 0 Å². The van der Waals surface area contributed by atoms with Crippen LogP contribution in [0.2, 0.25) is 0 Å². The Morgan fingerprint density at radius 1 is 1.28 bits per heavy atom. The van der Waals surface area contributed by atoms with Crippen molar-refractivity contribution < 1.29 is 0 Å². The largest absolute Gasteiger partial charge is 0.377 e. The molecule has 0 aromatic carbocycles.